The van der Waals surface area contributed by atoms with Gasteiger partial charge in [-0.1, -0.05) is 15.9 Å². The molecule has 8 heteroatoms. The third-order valence-corrected chi connectivity index (χ3v) is 4.79. The first kappa shape index (κ1) is 16.6. The Balaban J connectivity index is 2.21. The molecular weight excluding hydrogens is 375 g/mol. The van der Waals surface area contributed by atoms with E-state index in [4.69, 9.17) is 0 Å². The van der Waals surface area contributed by atoms with Gasteiger partial charge in [0.15, 0.2) is 0 Å². The number of hydrogen-bond acceptors (Lipinski definition) is 3. The van der Waals surface area contributed by atoms with Crippen LogP contribution in [0, 0.1) is 5.82 Å². The Hall–Kier alpha value is -1.77. The minimum Gasteiger partial charge on any atom is -0.322 e. The minimum atomic E-state index is -3.54. The molecule has 0 saturated heterocycles. The number of carbonyl (C=O) groups is 1. The first-order valence-corrected chi connectivity index (χ1v) is 8.41. The third-order valence-electron chi connectivity index (χ3n) is 2.86. The third kappa shape index (κ3) is 3.70. The second-order valence-corrected chi connectivity index (χ2v) is 7.11. The molecule has 0 saturated carbocycles. The van der Waals surface area contributed by atoms with Crippen molar-refractivity contribution < 1.29 is 17.6 Å². The fourth-order valence-electron chi connectivity index (χ4n) is 1.71. The SMILES string of the molecule is CNS(=O)(=O)c1ccc(NC(=O)c2cc(Br)ccc2F)cc1. The molecule has 0 atom stereocenters. The summed E-state index contributed by atoms with van der Waals surface area (Å²) in [6, 6.07) is 9.59. The molecule has 1 amide bonds. The standard InChI is InChI=1S/C14H12BrFN2O3S/c1-17-22(20,21)11-5-3-10(4-6-11)18-14(19)12-8-9(15)2-7-13(12)16/h2-8,17H,1H3,(H,18,19). The Morgan fingerprint density at radius 2 is 1.77 bits per heavy atom. The minimum absolute atomic E-state index is 0.0710. The van der Waals surface area contributed by atoms with Crippen LogP contribution in [0.5, 0.6) is 0 Å². The molecule has 0 spiro atoms. The van der Waals surface area contributed by atoms with E-state index in [2.05, 4.69) is 26.0 Å². The molecule has 0 fully saturated rings. The van der Waals surface area contributed by atoms with E-state index in [1.54, 1.807) is 0 Å². The highest BCUT2D eigenvalue weighted by Crippen LogP contribution is 2.18. The zero-order chi connectivity index (χ0) is 16.3. The van der Waals surface area contributed by atoms with E-state index in [0.29, 0.717) is 10.2 Å². The Kier molecular flexibility index (Phi) is 4.94. The fourth-order valence-corrected chi connectivity index (χ4v) is 2.80. The summed E-state index contributed by atoms with van der Waals surface area (Å²) in [4.78, 5) is 12.1. The van der Waals surface area contributed by atoms with Gasteiger partial charge in [-0.05, 0) is 49.5 Å². The van der Waals surface area contributed by atoms with Gasteiger partial charge in [0, 0.05) is 10.2 Å². The lowest BCUT2D eigenvalue weighted by atomic mass is 10.2. The Bertz CT molecular complexity index is 807. The molecule has 2 rings (SSSR count). The van der Waals surface area contributed by atoms with E-state index in [0.717, 1.165) is 0 Å². The van der Waals surface area contributed by atoms with Gasteiger partial charge in [0.2, 0.25) is 10.0 Å². The number of halogens is 2. The van der Waals surface area contributed by atoms with Crippen molar-refractivity contribution in [3.8, 4) is 0 Å². The summed E-state index contributed by atoms with van der Waals surface area (Å²) < 4.78 is 39.6. The smallest absolute Gasteiger partial charge is 0.258 e. The quantitative estimate of drug-likeness (QED) is 0.847. The highest BCUT2D eigenvalue weighted by Gasteiger charge is 2.14. The number of sulfonamides is 1. The molecule has 0 radical (unpaired) electrons. The Labute approximate surface area is 135 Å². The highest BCUT2D eigenvalue weighted by molar-refractivity contribution is 9.10. The van der Waals surface area contributed by atoms with Gasteiger partial charge in [0.05, 0.1) is 10.5 Å². The summed E-state index contributed by atoms with van der Waals surface area (Å²) in [7, 11) is -2.23. The highest BCUT2D eigenvalue weighted by atomic mass is 79.9. The van der Waals surface area contributed by atoms with E-state index >= 15 is 0 Å². The summed E-state index contributed by atoms with van der Waals surface area (Å²) in [5.74, 6) is -1.27. The van der Waals surface area contributed by atoms with Crippen molar-refractivity contribution in [1.29, 1.82) is 0 Å². The van der Waals surface area contributed by atoms with Gasteiger partial charge in [-0.25, -0.2) is 17.5 Å². The molecule has 2 aromatic rings. The second-order valence-electron chi connectivity index (χ2n) is 4.31. The molecule has 0 aliphatic heterocycles. The molecule has 0 aliphatic rings. The topological polar surface area (TPSA) is 75.3 Å². The molecule has 5 nitrogen and oxygen atoms in total. The number of amides is 1. The molecule has 0 unspecified atom stereocenters. The van der Waals surface area contributed by atoms with Gasteiger partial charge in [0.1, 0.15) is 5.82 Å². The zero-order valence-electron chi connectivity index (χ0n) is 11.4. The lowest BCUT2D eigenvalue weighted by Gasteiger charge is -2.08. The summed E-state index contributed by atoms with van der Waals surface area (Å²) in [5, 5.41) is 2.51. The van der Waals surface area contributed by atoms with Crippen molar-refractivity contribution in [2.45, 2.75) is 4.90 Å². The maximum absolute atomic E-state index is 13.6. The van der Waals surface area contributed by atoms with Crippen LogP contribution >= 0.6 is 15.9 Å². The summed E-state index contributed by atoms with van der Waals surface area (Å²) >= 11 is 3.17. The molecule has 116 valence electrons. The Morgan fingerprint density at radius 3 is 2.36 bits per heavy atom. The lowest BCUT2D eigenvalue weighted by molar-refractivity contribution is 0.102. The van der Waals surface area contributed by atoms with Crippen LogP contribution in [0.4, 0.5) is 10.1 Å². The lowest BCUT2D eigenvalue weighted by Crippen LogP contribution is -2.18. The van der Waals surface area contributed by atoms with E-state index in [1.165, 1.54) is 49.5 Å². The molecule has 2 N–H and O–H groups in total. The number of anilines is 1. The summed E-state index contributed by atoms with van der Waals surface area (Å²) in [6.45, 7) is 0. The van der Waals surface area contributed by atoms with Gasteiger partial charge in [-0.3, -0.25) is 4.79 Å². The predicted octanol–water partition coefficient (Wildman–Crippen LogP) is 2.75. The van der Waals surface area contributed by atoms with Crippen molar-refractivity contribution >= 4 is 37.5 Å². The van der Waals surface area contributed by atoms with Crippen LogP contribution in [0.3, 0.4) is 0 Å². The number of rotatable bonds is 4. The average molecular weight is 387 g/mol. The van der Waals surface area contributed by atoms with Crippen molar-refractivity contribution in [3.63, 3.8) is 0 Å². The summed E-state index contributed by atoms with van der Waals surface area (Å²) in [6.07, 6.45) is 0. The predicted molar refractivity (Wildman–Crippen MR) is 84.7 cm³/mol. The molecular formula is C14H12BrFN2O3S. The number of carbonyl (C=O) groups excluding carboxylic acids is 1. The van der Waals surface area contributed by atoms with Crippen LogP contribution in [0.15, 0.2) is 51.8 Å². The first-order chi connectivity index (χ1) is 10.3. The van der Waals surface area contributed by atoms with Gasteiger partial charge >= 0.3 is 0 Å². The van der Waals surface area contributed by atoms with Crippen molar-refractivity contribution in [2.75, 3.05) is 12.4 Å². The van der Waals surface area contributed by atoms with E-state index < -0.39 is 21.7 Å². The molecule has 0 bridgehead atoms. The van der Waals surface area contributed by atoms with Crippen LogP contribution in [0.1, 0.15) is 10.4 Å². The molecule has 0 aromatic heterocycles. The molecule has 2 aromatic carbocycles. The largest absolute Gasteiger partial charge is 0.322 e. The number of benzene rings is 2. The van der Waals surface area contributed by atoms with Gasteiger partial charge in [-0.15, -0.1) is 0 Å². The number of nitrogens with one attached hydrogen (secondary N) is 2. The van der Waals surface area contributed by atoms with Crippen LogP contribution < -0.4 is 10.0 Å². The molecule has 22 heavy (non-hydrogen) atoms. The Morgan fingerprint density at radius 1 is 1.14 bits per heavy atom. The van der Waals surface area contributed by atoms with Crippen LogP contribution in [-0.2, 0) is 10.0 Å². The van der Waals surface area contributed by atoms with Crippen LogP contribution in [0.25, 0.3) is 0 Å². The molecule has 0 heterocycles. The van der Waals surface area contributed by atoms with E-state index in [-0.39, 0.29) is 10.5 Å². The average Bonchev–Trinajstić information content (AvgIpc) is 2.50. The van der Waals surface area contributed by atoms with Gasteiger partial charge in [0.25, 0.3) is 5.91 Å². The monoisotopic (exact) mass is 386 g/mol. The van der Waals surface area contributed by atoms with Crippen molar-refractivity contribution in [1.82, 2.24) is 4.72 Å². The normalized spacial score (nSPS) is 11.2. The van der Waals surface area contributed by atoms with Crippen molar-refractivity contribution in [3.05, 3.63) is 58.3 Å². The summed E-state index contributed by atoms with van der Waals surface area (Å²) in [5.41, 5.74) is 0.251. The maximum atomic E-state index is 13.6. The fraction of sp³-hybridized carbons (Fsp3) is 0.0714. The van der Waals surface area contributed by atoms with Crippen LogP contribution in [-0.4, -0.2) is 21.4 Å². The zero-order valence-corrected chi connectivity index (χ0v) is 13.8. The van der Waals surface area contributed by atoms with Crippen molar-refractivity contribution in [2.24, 2.45) is 0 Å². The molecule has 0 aliphatic carbocycles. The van der Waals surface area contributed by atoms with Gasteiger partial charge in [-0.2, -0.15) is 0 Å². The van der Waals surface area contributed by atoms with Gasteiger partial charge < -0.3 is 5.32 Å². The first-order valence-electron chi connectivity index (χ1n) is 6.13. The van der Waals surface area contributed by atoms with E-state index in [9.17, 15) is 17.6 Å². The second kappa shape index (κ2) is 6.55. The van der Waals surface area contributed by atoms with Crippen LogP contribution in [0.2, 0.25) is 0 Å². The number of hydrogen-bond donors (Lipinski definition) is 2. The van der Waals surface area contributed by atoms with E-state index in [1.807, 2.05) is 0 Å². The maximum Gasteiger partial charge on any atom is 0.258 e.